The van der Waals surface area contributed by atoms with Crippen molar-refractivity contribution in [3.63, 3.8) is 0 Å². The van der Waals surface area contributed by atoms with Crippen LogP contribution < -0.4 is 4.74 Å². The maximum Gasteiger partial charge on any atom is 0.122 e. The first-order valence-corrected chi connectivity index (χ1v) is 7.16. The molecule has 0 aromatic heterocycles. The van der Waals surface area contributed by atoms with Gasteiger partial charge in [-0.15, -0.1) is 0 Å². The Hall–Kier alpha value is -1.06. The summed E-state index contributed by atoms with van der Waals surface area (Å²) in [4.78, 5) is 2.34. The smallest absolute Gasteiger partial charge is 0.122 e. The molecule has 0 radical (unpaired) electrons. The SMILES string of the molecule is Cc1ccc(C)c(OCCN2CCC(C)C2CO)c1. The lowest BCUT2D eigenvalue weighted by Crippen LogP contribution is -2.37. The summed E-state index contributed by atoms with van der Waals surface area (Å²) in [5, 5.41) is 9.42. The molecule has 1 aromatic carbocycles. The van der Waals surface area contributed by atoms with E-state index < -0.39 is 0 Å². The zero-order chi connectivity index (χ0) is 13.8. The lowest BCUT2D eigenvalue weighted by Gasteiger charge is -2.25. The van der Waals surface area contributed by atoms with Crippen molar-refractivity contribution in [2.24, 2.45) is 5.92 Å². The van der Waals surface area contributed by atoms with E-state index in [1.165, 1.54) is 17.5 Å². The molecule has 1 aromatic rings. The van der Waals surface area contributed by atoms with Crippen molar-refractivity contribution in [1.29, 1.82) is 0 Å². The van der Waals surface area contributed by atoms with E-state index in [1.807, 2.05) is 0 Å². The number of benzene rings is 1. The lowest BCUT2D eigenvalue weighted by atomic mass is 10.0. The lowest BCUT2D eigenvalue weighted by molar-refractivity contribution is 0.123. The van der Waals surface area contributed by atoms with Gasteiger partial charge >= 0.3 is 0 Å². The van der Waals surface area contributed by atoms with Crippen LogP contribution in [0.5, 0.6) is 5.75 Å². The van der Waals surface area contributed by atoms with Gasteiger partial charge in [0.1, 0.15) is 12.4 Å². The molecule has 0 saturated carbocycles. The molecule has 2 atom stereocenters. The van der Waals surface area contributed by atoms with Crippen molar-refractivity contribution >= 4 is 0 Å². The second-order valence-electron chi connectivity index (χ2n) is 5.67. The second-order valence-corrected chi connectivity index (χ2v) is 5.67. The van der Waals surface area contributed by atoms with E-state index in [0.717, 1.165) is 18.8 Å². The summed E-state index contributed by atoms with van der Waals surface area (Å²) in [6.45, 7) is 9.27. The Morgan fingerprint density at radius 2 is 2.16 bits per heavy atom. The fraction of sp³-hybridized carbons (Fsp3) is 0.625. The standard InChI is InChI=1S/C16H25NO2/c1-12-4-5-14(3)16(10-12)19-9-8-17-7-6-13(2)15(17)11-18/h4-5,10,13,15,18H,6-9,11H2,1-3H3. The molecule has 1 aliphatic rings. The third-order valence-corrected chi connectivity index (χ3v) is 4.16. The Bertz CT molecular complexity index is 419. The highest BCUT2D eigenvalue weighted by Crippen LogP contribution is 2.23. The van der Waals surface area contributed by atoms with Crippen molar-refractivity contribution in [2.45, 2.75) is 33.2 Å². The molecule has 0 amide bonds. The van der Waals surface area contributed by atoms with Crippen molar-refractivity contribution in [1.82, 2.24) is 4.90 Å². The summed E-state index contributed by atoms with van der Waals surface area (Å²) in [6.07, 6.45) is 1.18. The number of ether oxygens (including phenoxy) is 1. The summed E-state index contributed by atoms with van der Waals surface area (Å²) >= 11 is 0. The van der Waals surface area contributed by atoms with Gasteiger partial charge < -0.3 is 9.84 Å². The van der Waals surface area contributed by atoms with Crippen LogP contribution in [0.2, 0.25) is 0 Å². The predicted molar refractivity (Wildman–Crippen MR) is 77.6 cm³/mol. The molecule has 2 rings (SSSR count). The number of hydrogen-bond donors (Lipinski definition) is 1. The van der Waals surface area contributed by atoms with Gasteiger partial charge in [0.15, 0.2) is 0 Å². The van der Waals surface area contributed by atoms with Gasteiger partial charge in [-0.2, -0.15) is 0 Å². The molecule has 1 N–H and O–H groups in total. The van der Waals surface area contributed by atoms with Gasteiger partial charge in [0.2, 0.25) is 0 Å². The van der Waals surface area contributed by atoms with Crippen LogP contribution in [-0.2, 0) is 0 Å². The maximum atomic E-state index is 9.42. The van der Waals surface area contributed by atoms with E-state index >= 15 is 0 Å². The van der Waals surface area contributed by atoms with Crippen LogP contribution in [0.15, 0.2) is 18.2 Å². The van der Waals surface area contributed by atoms with Crippen LogP contribution in [0.1, 0.15) is 24.5 Å². The summed E-state index contributed by atoms with van der Waals surface area (Å²) in [5.41, 5.74) is 2.41. The fourth-order valence-corrected chi connectivity index (χ4v) is 2.80. The van der Waals surface area contributed by atoms with Crippen molar-refractivity contribution in [2.75, 3.05) is 26.3 Å². The molecule has 0 aliphatic carbocycles. The highest BCUT2D eigenvalue weighted by Gasteiger charge is 2.29. The minimum Gasteiger partial charge on any atom is -0.492 e. The normalized spacial score (nSPS) is 23.8. The molecule has 3 nitrogen and oxygen atoms in total. The van der Waals surface area contributed by atoms with Crippen molar-refractivity contribution in [3.8, 4) is 5.75 Å². The van der Waals surface area contributed by atoms with E-state index in [9.17, 15) is 5.11 Å². The van der Waals surface area contributed by atoms with E-state index in [2.05, 4.69) is 43.9 Å². The summed E-state index contributed by atoms with van der Waals surface area (Å²) < 4.78 is 5.88. The van der Waals surface area contributed by atoms with Gasteiger partial charge in [-0.25, -0.2) is 0 Å². The zero-order valence-corrected chi connectivity index (χ0v) is 12.2. The molecule has 106 valence electrons. The van der Waals surface area contributed by atoms with Crippen LogP contribution in [0.3, 0.4) is 0 Å². The van der Waals surface area contributed by atoms with Crippen LogP contribution in [0, 0.1) is 19.8 Å². The number of nitrogens with zero attached hydrogens (tertiary/aromatic N) is 1. The summed E-state index contributed by atoms with van der Waals surface area (Å²) in [5.74, 6) is 1.57. The minimum absolute atomic E-state index is 0.255. The predicted octanol–water partition coefficient (Wildman–Crippen LogP) is 2.38. The van der Waals surface area contributed by atoms with E-state index in [1.54, 1.807) is 0 Å². The monoisotopic (exact) mass is 263 g/mol. The van der Waals surface area contributed by atoms with E-state index in [4.69, 9.17) is 4.74 Å². The molecular formula is C16H25NO2. The van der Waals surface area contributed by atoms with Crippen LogP contribution in [0.25, 0.3) is 0 Å². The van der Waals surface area contributed by atoms with E-state index in [-0.39, 0.29) is 6.61 Å². The van der Waals surface area contributed by atoms with Crippen LogP contribution in [-0.4, -0.2) is 42.4 Å². The van der Waals surface area contributed by atoms with Gasteiger partial charge in [-0.05, 0) is 49.9 Å². The number of aliphatic hydroxyl groups is 1. The Labute approximate surface area is 116 Å². The average molecular weight is 263 g/mol. The van der Waals surface area contributed by atoms with Crippen LogP contribution in [0.4, 0.5) is 0 Å². The fourth-order valence-electron chi connectivity index (χ4n) is 2.80. The molecule has 0 bridgehead atoms. The molecule has 1 heterocycles. The first kappa shape index (κ1) is 14.4. The zero-order valence-electron chi connectivity index (χ0n) is 12.2. The Morgan fingerprint density at radius 3 is 2.89 bits per heavy atom. The highest BCUT2D eigenvalue weighted by atomic mass is 16.5. The van der Waals surface area contributed by atoms with Gasteiger partial charge in [0.05, 0.1) is 6.61 Å². The molecule has 1 fully saturated rings. The Kier molecular flexibility index (Phi) is 4.83. The quantitative estimate of drug-likeness (QED) is 0.885. The second kappa shape index (κ2) is 6.40. The maximum absolute atomic E-state index is 9.42. The van der Waals surface area contributed by atoms with Gasteiger partial charge in [0.25, 0.3) is 0 Å². The number of aliphatic hydroxyl groups excluding tert-OH is 1. The summed E-state index contributed by atoms with van der Waals surface area (Å²) in [6, 6.07) is 6.60. The number of hydrogen-bond acceptors (Lipinski definition) is 3. The molecule has 19 heavy (non-hydrogen) atoms. The highest BCUT2D eigenvalue weighted by molar-refractivity contribution is 5.35. The Balaban J connectivity index is 1.85. The molecular weight excluding hydrogens is 238 g/mol. The first-order chi connectivity index (χ1) is 9.11. The first-order valence-electron chi connectivity index (χ1n) is 7.16. The number of rotatable bonds is 5. The third-order valence-electron chi connectivity index (χ3n) is 4.16. The minimum atomic E-state index is 0.255. The van der Waals surface area contributed by atoms with Crippen molar-refractivity contribution < 1.29 is 9.84 Å². The largest absolute Gasteiger partial charge is 0.492 e. The number of likely N-dealkylation sites (tertiary alicyclic amines) is 1. The topological polar surface area (TPSA) is 32.7 Å². The number of aryl methyl sites for hydroxylation is 2. The molecule has 1 aliphatic heterocycles. The molecule has 3 heteroatoms. The van der Waals surface area contributed by atoms with E-state index in [0.29, 0.717) is 18.6 Å². The molecule has 2 unspecified atom stereocenters. The summed E-state index contributed by atoms with van der Waals surface area (Å²) in [7, 11) is 0. The average Bonchev–Trinajstić information content (AvgIpc) is 2.74. The van der Waals surface area contributed by atoms with Gasteiger partial charge in [0, 0.05) is 12.6 Å². The van der Waals surface area contributed by atoms with Gasteiger partial charge in [-0.3, -0.25) is 4.90 Å². The molecule has 0 spiro atoms. The van der Waals surface area contributed by atoms with Crippen LogP contribution >= 0.6 is 0 Å². The van der Waals surface area contributed by atoms with Crippen molar-refractivity contribution in [3.05, 3.63) is 29.3 Å². The van der Waals surface area contributed by atoms with Gasteiger partial charge in [-0.1, -0.05) is 19.1 Å². The Morgan fingerprint density at radius 1 is 1.37 bits per heavy atom. The third kappa shape index (κ3) is 3.48. The molecule has 1 saturated heterocycles.